The van der Waals surface area contributed by atoms with Crippen molar-refractivity contribution in [3.05, 3.63) is 16.3 Å². The van der Waals surface area contributed by atoms with Gasteiger partial charge in [0, 0.05) is 24.6 Å². The summed E-state index contributed by atoms with van der Waals surface area (Å²) in [7, 11) is -3.51. The molecule has 0 spiro atoms. The Balaban J connectivity index is 2.20. The molecular formula is C12H19NO4S2. The van der Waals surface area contributed by atoms with Crippen LogP contribution in [0.5, 0.6) is 0 Å². The number of hydrogen-bond donors (Lipinski definition) is 1. The van der Waals surface area contributed by atoms with E-state index in [0.29, 0.717) is 24.6 Å². The van der Waals surface area contributed by atoms with Crippen molar-refractivity contribution in [3.63, 3.8) is 0 Å². The Bertz CT molecular complexity index is 510. The zero-order valence-electron chi connectivity index (χ0n) is 10.9. The summed E-state index contributed by atoms with van der Waals surface area (Å²) in [5.74, 6) is 0. The minimum Gasteiger partial charge on any atom is -0.391 e. The van der Waals surface area contributed by atoms with E-state index in [9.17, 15) is 13.5 Å². The Morgan fingerprint density at radius 2 is 2.37 bits per heavy atom. The topological polar surface area (TPSA) is 66.8 Å². The summed E-state index contributed by atoms with van der Waals surface area (Å²) in [4.78, 5) is 0.732. The van der Waals surface area contributed by atoms with E-state index in [2.05, 4.69) is 0 Å². The Labute approximate surface area is 117 Å². The van der Waals surface area contributed by atoms with Gasteiger partial charge in [-0.1, -0.05) is 0 Å². The molecule has 1 saturated heterocycles. The lowest BCUT2D eigenvalue weighted by molar-refractivity contribution is 0.0265. The van der Waals surface area contributed by atoms with Crippen LogP contribution in [0.4, 0.5) is 0 Å². The second-order valence-electron chi connectivity index (χ2n) is 4.45. The Morgan fingerprint density at radius 3 is 3.05 bits per heavy atom. The molecule has 1 atom stereocenters. The van der Waals surface area contributed by atoms with Gasteiger partial charge in [-0.3, -0.25) is 0 Å². The Morgan fingerprint density at radius 1 is 1.58 bits per heavy atom. The minimum absolute atomic E-state index is 0.0234. The zero-order chi connectivity index (χ0) is 13.9. The highest BCUT2D eigenvalue weighted by Gasteiger charge is 2.32. The molecule has 0 radical (unpaired) electrons. The second-order valence-corrected chi connectivity index (χ2v) is 7.36. The number of aliphatic hydroxyl groups is 1. The van der Waals surface area contributed by atoms with E-state index < -0.39 is 10.0 Å². The van der Waals surface area contributed by atoms with E-state index in [4.69, 9.17) is 4.74 Å². The molecule has 2 heterocycles. The van der Waals surface area contributed by atoms with Crippen LogP contribution < -0.4 is 0 Å². The zero-order valence-corrected chi connectivity index (χ0v) is 12.5. The predicted octanol–water partition coefficient (Wildman–Crippen LogP) is 1.43. The van der Waals surface area contributed by atoms with E-state index in [-0.39, 0.29) is 17.6 Å². The van der Waals surface area contributed by atoms with Gasteiger partial charge in [-0.25, -0.2) is 8.42 Å². The number of aliphatic hydroxyl groups excluding tert-OH is 1. The number of rotatable bonds is 5. The smallest absolute Gasteiger partial charge is 0.244 e. The van der Waals surface area contributed by atoms with Crippen LogP contribution in [-0.2, 0) is 21.4 Å². The number of sulfonamides is 1. The van der Waals surface area contributed by atoms with Crippen LogP contribution in [0.15, 0.2) is 16.3 Å². The van der Waals surface area contributed by atoms with E-state index in [1.165, 1.54) is 15.6 Å². The first kappa shape index (κ1) is 14.9. The van der Waals surface area contributed by atoms with Gasteiger partial charge in [0.1, 0.15) is 0 Å². The number of nitrogens with zero attached hydrogens (tertiary/aromatic N) is 1. The third-order valence-electron chi connectivity index (χ3n) is 3.21. The molecule has 1 aliphatic rings. The molecule has 0 saturated carbocycles. The largest absolute Gasteiger partial charge is 0.391 e. The first-order chi connectivity index (χ1) is 9.09. The predicted molar refractivity (Wildman–Crippen MR) is 73.6 cm³/mol. The third kappa shape index (κ3) is 3.17. The summed E-state index contributed by atoms with van der Waals surface area (Å²) in [6, 6.07) is 1.57. The van der Waals surface area contributed by atoms with Crippen LogP contribution in [0.3, 0.4) is 0 Å². The molecular weight excluding hydrogens is 286 g/mol. The molecule has 0 aliphatic carbocycles. The summed E-state index contributed by atoms with van der Waals surface area (Å²) in [6.07, 6.45) is 1.68. The van der Waals surface area contributed by atoms with Crippen molar-refractivity contribution in [2.24, 2.45) is 0 Å². The number of hydrogen-bond acceptors (Lipinski definition) is 5. The summed E-state index contributed by atoms with van der Waals surface area (Å²) in [6.45, 7) is 3.19. The molecule has 0 aromatic carbocycles. The SMILES string of the molecule is CCOC1CCCN(S(=O)(=O)c2ccsc2CO)C1. The van der Waals surface area contributed by atoms with Gasteiger partial charge < -0.3 is 9.84 Å². The van der Waals surface area contributed by atoms with Crippen molar-refractivity contribution in [2.45, 2.75) is 37.4 Å². The highest BCUT2D eigenvalue weighted by molar-refractivity contribution is 7.89. The van der Waals surface area contributed by atoms with E-state index >= 15 is 0 Å². The molecule has 7 heteroatoms. The fourth-order valence-corrected chi connectivity index (χ4v) is 5.08. The van der Waals surface area contributed by atoms with Crippen LogP contribution in [0.25, 0.3) is 0 Å². The molecule has 19 heavy (non-hydrogen) atoms. The quantitative estimate of drug-likeness (QED) is 0.893. The Kier molecular flexibility index (Phi) is 4.97. The molecule has 1 fully saturated rings. The van der Waals surface area contributed by atoms with Gasteiger partial charge in [0.05, 0.1) is 17.6 Å². The lowest BCUT2D eigenvalue weighted by Crippen LogP contribution is -2.43. The maximum absolute atomic E-state index is 12.5. The van der Waals surface area contributed by atoms with Crippen molar-refractivity contribution in [2.75, 3.05) is 19.7 Å². The molecule has 1 N–H and O–H groups in total. The molecule has 2 rings (SSSR count). The summed E-state index contributed by atoms with van der Waals surface area (Å²) in [5.41, 5.74) is 0. The standard InChI is InChI=1S/C12H19NO4S2/c1-2-17-10-4-3-6-13(8-10)19(15,16)12-5-7-18-11(12)9-14/h5,7,10,14H,2-4,6,8-9H2,1H3. The van der Waals surface area contributed by atoms with Gasteiger partial charge in [0.2, 0.25) is 10.0 Å². The van der Waals surface area contributed by atoms with Crippen LogP contribution in [0.2, 0.25) is 0 Å². The average Bonchev–Trinajstić information content (AvgIpc) is 2.88. The number of piperidine rings is 1. The van der Waals surface area contributed by atoms with Crippen LogP contribution >= 0.6 is 11.3 Å². The normalized spacial score (nSPS) is 21.7. The van der Waals surface area contributed by atoms with Gasteiger partial charge in [-0.15, -0.1) is 11.3 Å². The number of ether oxygens (including phenoxy) is 1. The second kappa shape index (κ2) is 6.32. The van der Waals surface area contributed by atoms with E-state index in [1.54, 1.807) is 11.4 Å². The first-order valence-corrected chi connectivity index (χ1v) is 8.70. The molecule has 108 valence electrons. The van der Waals surface area contributed by atoms with Crippen LogP contribution in [0.1, 0.15) is 24.6 Å². The van der Waals surface area contributed by atoms with Crippen molar-refractivity contribution in [1.82, 2.24) is 4.31 Å². The van der Waals surface area contributed by atoms with Crippen LogP contribution in [-0.4, -0.2) is 43.6 Å². The Hall–Kier alpha value is -0.470. The molecule has 1 aromatic heterocycles. The molecule has 5 nitrogen and oxygen atoms in total. The molecule has 0 bridgehead atoms. The highest BCUT2D eigenvalue weighted by Crippen LogP contribution is 2.27. The molecule has 1 unspecified atom stereocenters. The minimum atomic E-state index is -3.51. The van der Waals surface area contributed by atoms with Gasteiger partial charge >= 0.3 is 0 Å². The van der Waals surface area contributed by atoms with Crippen molar-refractivity contribution in [1.29, 1.82) is 0 Å². The molecule has 1 aliphatic heterocycles. The first-order valence-electron chi connectivity index (χ1n) is 6.38. The maximum Gasteiger partial charge on any atom is 0.244 e. The summed E-state index contributed by atoms with van der Waals surface area (Å²) >= 11 is 1.26. The lowest BCUT2D eigenvalue weighted by atomic mass is 10.1. The van der Waals surface area contributed by atoms with Crippen LogP contribution in [0, 0.1) is 0 Å². The monoisotopic (exact) mass is 305 g/mol. The number of thiophene rings is 1. The van der Waals surface area contributed by atoms with Gasteiger partial charge in [0.15, 0.2) is 0 Å². The van der Waals surface area contributed by atoms with Crippen molar-refractivity contribution >= 4 is 21.4 Å². The molecule has 1 aromatic rings. The summed E-state index contributed by atoms with van der Waals surface area (Å²) < 4.78 is 32.1. The van der Waals surface area contributed by atoms with Gasteiger partial charge in [-0.2, -0.15) is 4.31 Å². The van der Waals surface area contributed by atoms with E-state index in [1.807, 2.05) is 6.92 Å². The van der Waals surface area contributed by atoms with Gasteiger partial charge in [-0.05, 0) is 31.2 Å². The fraction of sp³-hybridized carbons (Fsp3) is 0.667. The lowest BCUT2D eigenvalue weighted by Gasteiger charge is -2.31. The highest BCUT2D eigenvalue weighted by atomic mass is 32.2. The average molecular weight is 305 g/mol. The summed E-state index contributed by atoms with van der Waals surface area (Å²) in [5, 5.41) is 10.9. The van der Waals surface area contributed by atoms with Crippen molar-refractivity contribution < 1.29 is 18.3 Å². The van der Waals surface area contributed by atoms with Gasteiger partial charge in [0.25, 0.3) is 0 Å². The third-order valence-corrected chi connectivity index (χ3v) is 6.19. The van der Waals surface area contributed by atoms with Crippen molar-refractivity contribution in [3.8, 4) is 0 Å². The molecule has 0 amide bonds. The maximum atomic E-state index is 12.5. The fourth-order valence-electron chi connectivity index (χ4n) is 2.31. The van der Waals surface area contributed by atoms with E-state index in [0.717, 1.165) is 12.8 Å².